The van der Waals surface area contributed by atoms with Crippen molar-refractivity contribution in [2.75, 3.05) is 13.1 Å². The molecule has 0 heterocycles. The first-order valence-corrected chi connectivity index (χ1v) is 7.74. The van der Waals surface area contributed by atoms with Crippen LogP contribution in [0.15, 0.2) is 0 Å². The van der Waals surface area contributed by atoms with E-state index >= 15 is 0 Å². The van der Waals surface area contributed by atoms with E-state index in [2.05, 4.69) is 12.2 Å². The standard InChI is InChI=1S/C15H28N2O2/c1-11-5-7-15(10-16,8-6-11)14(19)17-9-12-3-2-4-13(12)18/h11-13,18H,2-10,16H2,1H3,(H,17,19). The van der Waals surface area contributed by atoms with Crippen LogP contribution < -0.4 is 11.1 Å². The number of nitrogens with two attached hydrogens (primary N) is 1. The summed E-state index contributed by atoms with van der Waals surface area (Å²) in [5.74, 6) is 1.06. The van der Waals surface area contributed by atoms with E-state index in [1.807, 2.05) is 0 Å². The average Bonchev–Trinajstić information content (AvgIpc) is 2.83. The maximum absolute atomic E-state index is 12.4. The van der Waals surface area contributed by atoms with Gasteiger partial charge in [-0.25, -0.2) is 0 Å². The van der Waals surface area contributed by atoms with Gasteiger partial charge < -0.3 is 16.2 Å². The van der Waals surface area contributed by atoms with Crippen molar-refractivity contribution in [2.24, 2.45) is 23.0 Å². The fourth-order valence-corrected chi connectivity index (χ4v) is 3.51. The van der Waals surface area contributed by atoms with E-state index in [0.29, 0.717) is 19.0 Å². The van der Waals surface area contributed by atoms with Crippen molar-refractivity contribution in [2.45, 2.75) is 58.0 Å². The fourth-order valence-electron chi connectivity index (χ4n) is 3.51. The third-order valence-electron chi connectivity index (χ3n) is 5.25. The number of hydrogen-bond acceptors (Lipinski definition) is 3. The maximum Gasteiger partial charge on any atom is 0.227 e. The van der Waals surface area contributed by atoms with Crippen LogP contribution in [0.4, 0.5) is 0 Å². The second-order valence-electron chi connectivity index (χ2n) is 6.64. The van der Waals surface area contributed by atoms with Crippen molar-refractivity contribution in [1.29, 1.82) is 0 Å². The fraction of sp³-hybridized carbons (Fsp3) is 0.933. The average molecular weight is 268 g/mol. The number of carbonyl (C=O) groups is 1. The number of rotatable bonds is 4. The van der Waals surface area contributed by atoms with E-state index in [1.165, 1.54) is 0 Å². The molecule has 2 rings (SSSR count). The molecule has 0 saturated heterocycles. The first kappa shape index (κ1) is 14.8. The number of aliphatic hydroxyl groups excluding tert-OH is 1. The van der Waals surface area contributed by atoms with Crippen LogP contribution in [-0.2, 0) is 4.79 Å². The summed E-state index contributed by atoms with van der Waals surface area (Å²) in [5, 5.41) is 12.8. The summed E-state index contributed by atoms with van der Waals surface area (Å²) in [6.45, 7) is 3.29. The molecule has 0 aromatic rings. The molecule has 2 saturated carbocycles. The molecule has 0 radical (unpaired) electrons. The molecular formula is C15H28N2O2. The molecule has 0 aromatic heterocycles. The third kappa shape index (κ3) is 3.29. The highest BCUT2D eigenvalue weighted by Crippen LogP contribution is 2.38. The molecular weight excluding hydrogens is 240 g/mol. The molecule has 2 fully saturated rings. The van der Waals surface area contributed by atoms with Gasteiger partial charge in [-0.2, -0.15) is 0 Å². The van der Waals surface area contributed by atoms with Crippen LogP contribution in [0.2, 0.25) is 0 Å². The Labute approximate surface area is 116 Å². The molecule has 0 aromatic carbocycles. The lowest BCUT2D eigenvalue weighted by Crippen LogP contribution is -2.49. The van der Waals surface area contributed by atoms with E-state index in [0.717, 1.165) is 44.9 Å². The monoisotopic (exact) mass is 268 g/mol. The molecule has 0 spiro atoms. The topological polar surface area (TPSA) is 75.4 Å². The van der Waals surface area contributed by atoms with Gasteiger partial charge in [-0.3, -0.25) is 4.79 Å². The second kappa shape index (κ2) is 6.23. The van der Waals surface area contributed by atoms with Gasteiger partial charge in [0.05, 0.1) is 11.5 Å². The van der Waals surface area contributed by atoms with Gasteiger partial charge in [0, 0.05) is 19.0 Å². The smallest absolute Gasteiger partial charge is 0.227 e. The highest BCUT2D eigenvalue weighted by atomic mass is 16.3. The number of hydrogen-bond donors (Lipinski definition) is 3. The zero-order valence-electron chi connectivity index (χ0n) is 12.0. The van der Waals surface area contributed by atoms with Gasteiger partial charge in [0.1, 0.15) is 0 Å². The van der Waals surface area contributed by atoms with Crippen LogP contribution in [0.25, 0.3) is 0 Å². The van der Waals surface area contributed by atoms with Crippen LogP contribution in [0.5, 0.6) is 0 Å². The Morgan fingerprint density at radius 1 is 1.32 bits per heavy atom. The molecule has 2 aliphatic rings. The minimum atomic E-state index is -0.351. The molecule has 4 N–H and O–H groups in total. The van der Waals surface area contributed by atoms with Crippen LogP contribution in [0, 0.1) is 17.3 Å². The van der Waals surface area contributed by atoms with Crippen molar-refractivity contribution >= 4 is 5.91 Å². The zero-order chi connectivity index (χ0) is 13.9. The van der Waals surface area contributed by atoms with Crippen molar-refractivity contribution in [3.05, 3.63) is 0 Å². The van der Waals surface area contributed by atoms with Crippen LogP contribution >= 0.6 is 0 Å². The van der Waals surface area contributed by atoms with Gasteiger partial charge in [0.15, 0.2) is 0 Å². The van der Waals surface area contributed by atoms with Gasteiger partial charge in [-0.1, -0.05) is 13.3 Å². The molecule has 110 valence electrons. The number of carbonyl (C=O) groups excluding carboxylic acids is 1. The van der Waals surface area contributed by atoms with Crippen LogP contribution in [-0.4, -0.2) is 30.2 Å². The molecule has 0 bridgehead atoms. The van der Waals surface area contributed by atoms with Crippen molar-refractivity contribution in [1.82, 2.24) is 5.32 Å². The van der Waals surface area contributed by atoms with E-state index in [9.17, 15) is 9.90 Å². The predicted molar refractivity (Wildman–Crippen MR) is 75.5 cm³/mol. The Bertz CT molecular complexity index is 311. The maximum atomic E-state index is 12.4. The Balaban J connectivity index is 1.86. The van der Waals surface area contributed by atoms with Crippen LogP contribution in [0.1, 0.15) is 51.9 Å². The Morgan fingerprint density at radius 2 is 2.00 bits per heavy atom. The molecule has 0 aliphatic heterocycles. The van der Waals surface area contributed by atoms with E-state index in [1.54, 1.807) is 0 Å². The lowest BCUT2D eigenvalue weighted by atomic mass is 9.70. The van der Waals surface area contributed by atoms with Crippen molar-refractivity contribution in [3.63, 3.8) is 0 Å². The second-order valence-corrected chi connectivity index (χ2v) is 6.64. The minimum absolute atomic E-state index is 0.112. The first-order valence-electron chi connectivity index (χ1n) is 7.74. The summed E-state index contributed by atoms with van der Waals surface area (Å²) in [5.41, 5.74) is 5.53. The minimum Gasteiger partial charge on any atom is -0.393 e. The normalized spacial score (nSPS) is 39.2. The lowest BCUT2D eigenvalue weighted by molar-refractivity contribution is -0.133. The van der Waals surface area contributed by atoms with Crippen molar-refractivity contribution in [3.8, 4) is 0 Å². The molecule has 2 atom stereocenters. The highest BCUT2D eigenvalue weighted by Gasteiger charge is 2.40. The third-order valence-corrected chi connectivity index (χ3v) is 5.25. The van der Waals surface area contributed by atoms with Gasteiger partial charge >= 0.3 is 0 Å². The lowest BCUT2D eigenvalue weighted by Gasteiger charge is -2.37. The van der Waals surface area contributed by atoms with Gasteiger partial charge in [0.2, 0.25) is 5.91 Å². The number of aliphatic hydroxyl groups is 1. The molecule has 4 heteroatoms. The molecule has 2 aliphatic carbocycles. The Morgan fingerprint density at radius 3 is 2.53 bits per heavy atom. The SMILES string of the molecule is CC1CCC(CN)(C(=O)NCC2CCCC2O)CC1. The summed E-state index contributed by atoms with van der Waals surface area (Å²) >= 11 is 0. The quantitative estimate of drug-likeness (QED) is 0.722. The summed E-state index contributed by atoms with van der Waals surface area (Å²) in [4.78, 5) is 12.4. The first-order chi connectivity index (χ1) is 9.07. The summed E-state index contributed by atoms with van der Waals surface area (Å²) in [7, 11) is 0. The predicted octanol–water partition coefficient (Wildman–Crippen LogP) is 1.42. The Kier molecular flexibility index (Phi) is 4.85. The van der Waals surface area contributed by atoms with Gasteiger partial charge in [0.25, 0.3) is 0 Å². The Hall–Kier alpha value is -0.610. The highest BCUT2D eigenvalue weighted by molar-refractivity contribution is 5.83. The largest absolute Gasteiger partial charge is 0.393 e. The van der Waals surface area contributed by atoms with Gasteiger partial charge in [-0.05, 0) is 44.4 Å². The summed E-state index contributed by atoms with van der Waals surface area (Å²) in [6, 6.07) is 0. The summed E-state index contributed by atoms with van der Waals surface area (Å²) < 4.78 is 0. The molecule has 1 amide bonds. The summed E-state index contributed by atoms with van der Waals surface area (Å²) in [6.07, 6.45) is 6.73. The molecule has 2 unspecified atom stereocenters. The van der Waals surface area contributed by atoms with E-state index < -0.39 is 0 Å². The molecule has 4 nitrogen and oxygen atoms in total. The van der Waals surface area contributed by atoms with E-state index in [-0.39, 0.29) is 23.3 Å². The zero-order valence-corrected chi connectivity index (χ0v) is 12.0. The van der Waals surface area contributed by atoms with Gasteiger partial charge in [-0.15, -0.1) is 0 Å². The number of nitrogens with one attached hydrogen (secondary N) is 1. The van der Waals surface area contributed by atoms with E-state index in [4.69, 9.17) is 5.73 Å². The van der Waals surface area contributed by atoms with Crippen molar-refractivity contribution < 1.29 is 9.90 Å². The molecule has 19 heavy (non-hydrogen) atoms. The number of amides is 1. The van der Waals surface area contributed by atoms with Crippen LogP contribution in [0.3, 0.4) is 0 Å².